The highest BCUT2D eigenvalue weighted by Crippen LogP contribution is 2.32. The number of rotatable bonds is 4. The number of carboxylic acids is 1. The van der Waals surface area contributed by atoms with Gasteiger partial charge in [0.25, 0.3) is 0 Å². The van der Waals surface area contributed by atoms with E-state index >= 15 is 0 Å². The van der Waals surface area contributed by atoms with Gasteiger partial charge in [0, 0.05) is 11.0 Å². The maximum atomic E-state index is 13.6. The minimum Gasteiger partial charge on any atom is -0.478 e. The van der Waals surface area contributed by atoms with Crippen LogP contribution in [0.5, 0.6) is 0 Å². The number of halogens is 1. The molecule has 0 radical (unpaired) electrons. The van der Waals surface area contributed by atoms with Gasteiger partial charge in [-0.25, -0.2) is 9.18 Å². The summed E-state index contributed by atoms with van der Waals surface area (Å²) in [5, 5.41) is 9.38. The van der Waals surface area contributed by atoms with Gasteiger partial charge in [0.15, 0.2) is 0 Å². The molecule has 1 aromatic rings. The van der Waals surface area contributed by atoms with Crippen LogP contribution in [0.25, 0.3) is 0 Å². The molecular formula is C13H15FO2S. The van der Waals surface area contributed by atoms with Gasteiger partial charge in [0.05, 0.1) is 5.56 Å². The maximum absolute atomic E-state index is 13.6. The molecular weight excluding hydrogens is 239 g/mol. The smallest absolute Gasteiger partial charge is 0.335 e. The predicted molar refractivity (Wildman–Crippen MR) is 66.9 cm³/mol. The Balaban J connectivity index is 1.98. The van der Waals surface area contributed by atoms with E-state index in [1.54, 1.807) is 17.8 Å². The largest absolute Gasteiger partial charge is 0.478 e. The first-order valence-corrected chi connectivity index (χ1v) is 6.85. The first-order valence-electron chi connectivity index (χ1n) is 5.80. The van der Waals surface area contributed by atoms with Gasteiger partial charge in [-0.05, 0) is 30.5 Å². The van der Waals surface area contributed by atoms with Crippen molar-refractivity contribution in [1.82, 2.24) is 0 Å². The van der Waals surface area contributed by atoms with Crippen molar-refractivity contribution in [3.05, 3.63) is 35.1 Å². The third-order valence-corrected chi connectivity index (χ3v) is 4.50. The number of hydrogen-bond donors (Lipinski definition) is 1. The van der Waals surface area contributed by atoms with Crippen LogP contribution >= 0.6 is 11.8 Å². The first kappa shape index (κ1) is 12.4. The molecule has 1 aliphatic carbocycles. The van der Waals surface area contributed by atoms with Crippen LogP contribution in [0.3, 0.4) is 0 Å². The molecule has 0 aromatic heterocycles. The van der Waals surface area contributed by atoms with Crippen LogP contribution in [0.4, 0.5) is 4.39 Å². The van der Waals surface area contributed by atoms with Crippen LogP contribution in [0.2, 0.25) is 0 Å². The van der Waals surface area contributed by atoms with E-state index < -0.39 is 11.8 Å². The Morgan fingerprint density at radius 2 is 2.12 bits per heavy atom. The SMILES string of the molecule is O=C(O)c1ccc(CSC2CCCC2)c(F)c1. The van der Waals surface area contributed by atoms with Crippen LogP contribution in [0, 0.1) is 5.82 Å². The van der Waals surface area contributed by atoms with Gasteiger partial charge < -0.3 is 5.11 Å². The summed E-state index contributed by atoms with van der Waals surface area (Å²) in [5.41, 5.74) is 0.615. The lowest BCUT2D eigenvalue weighted by Gasteiger charge is -2.09. The summed E-state index contributed by atoms with van der Waals surface area (Å²) < 4.78 is 13.6. The zero-order chi connectivity index (χ0) is 12.3. The molecule has 4 heteroatoms. The van der Waals surface area contributed by atoms with Gasteiger partial charge in [0.1, 0.15) is 5.82 Å². The highest BCUT2D eigenvalue weighted by Gasteiger charge is 2.16. The first-order chi connectivity index (χ1) is 8.16. The highest BCUT2D eigenvalue weighted by molar-refractivity contribution is 7.99. The monoisotopic (exact) mass is 254 g/mol. The van der Waals surface area contributed by atoms with Crippen LogP contribution in [0.15, 0.2) is 18.2 Å². The maximum Gasteiger partial charge on any atom is 0.335 e. The molecule has 0 atom stereocenters. The third kappa shape index (κ3) is 3.22. The van der Waals surface area contributed by atoms with Gasteiger partial charge in [0.2, 0.25) is 0 Å². The van der Waals surface area contributed by atoms with Crippen LogP contribution in [-0.2, 0) is 5.75 Å². The number of carboxylic acid groups (broad SMARTS) is 1. The molecule has 17 heavy (non-hydrogen) atoms. The average Bonchev–Trinajstić information content (AvgIpc) is 2.80. The van der Waals surface area contributed by atoms with Gasteiger partial charge >= 0.3 is 5.97 Å². The Labute approximate surface area is 104 Å². The van der Waals surface area contributed by atoms with Gasteiger partial charge in [-0.15, -0.1) is 0 Å². The molecule has 1 N–H and O–H groups in total. The van der Waals surface area contributed by atoms with Gasteiger partial charge in [-0.3, -0.25) is 0 Å². The molecule has 2 nitrogen and oxygen atoms in total. The van der Waals surface area contributed by atoms with E-state index in [0.29, 0.717) is 16.6 Å². The Morgan fingerprint density at radius 3 is 2.71 bits per heavy atom. The van der Waals surface area contributed by atoms with Crippen LogP contribution in [0.1, 0.15) is 41.6 Å². The second-order valence-electron chi connectivity index (χ2n) is 4.33. The van der Waals surface area contributed by atoms with E-state index in [4.69, 9.17) is 5.11 Å². The van der Waals surface area contributed by atoms with E-state index in [1.807, 2.05) is 0 Å². The molecule has 1 aliphatic rings. The van der Waals surface area contributed by atoms with Crippen LogP contribution < -0.4 is 0 Å². The summed E-state index contributed by atoms with van der Waals surface area (Å²) in [4.78, 5) is 10.7. The molecule has 92 valence electrons. The van der Waals surface area contributed by atoms with Crippen molar-refractivity contribution in [2.45, 2.75) is 36.7 Å². The Kier molecular flexibility index (Phi) is 4.05. The second kappa shape index (κ2) is 5.54. The molecule has 0 amide bonds. The fourth-order valence-corrected chi connectivity index (χ4v) is 3.38. The van der Waals surface area contributed by atoms with E-state index in [2.05, 4.69) is 0 Å². The number of thioether (sulfide) groups is 1. The van der Waals surface area contributed by atoms with Crippen molar-refractivity contribution in [2.75, 3.05) is 0 Å². The summed E-state index contributed by atoms with van der Waals surface area (Å²) in [6, 6.07) is 4.16. The highest BCUT2D eigenvalue weighted by atomic mass is 32.2. The summed E-state index contributed by atoms with van der Waals surface area (Å²) in [5.74, 6) is -0.856. The van der Waals surface area contributed by atoms with Crippen molar-refractivity contribution >= 4 is 17.7 Å². The third-order valence-electron chi connectivity index (χ3n) is 3.08. The van der Waals surface area contributed by atoms with Crippen molar-refractivity contribution in [3.63, 3.8) is 0 Å². The average molecular weight is 254 g/mol. The number of hydrogen-bond acceptors (Lipinski definition) is 2. The van der Waals surface area contributed by atoms with Gasteiger partial charge in [-0.2, -0.15) is 11.8 Å². The zero-order valence-corrected chi connectivity index (χ0v) is 10.3. The molecule has 0 aliphatic heterocycles. The number of aromatic carboxylic acids is 1. The van der Waals surface area contributed by atoms with Crippen molar-refractivity contribution in [2.24, 2.45) is 0 Å². The van der Waals surface area contributed by atoms with E-state index in [0.717, 1.165) is 6.07 Å². The normalized spacial score (nSPS) is 16.3. The summed E-state index contributed by atoms with van der Waals surface area (Å²) in [6.07, 6.45) is 5.00. The van der Waals surface area contributed by atoms with Crippen molar-refractivity contribution < 1.29 is 14.3 Å². The fraction of sp³-hybridized carbons (Fsp3) is 0.462. The lowest BCUT2D eigenvalue weighted by molar-refractivity contribution is 0.0696. The number of benzene rings is 1. The van der Waals surface area contributed by atoms with E-state index in [9.17, 15) is 9.18 Å². The predicted octanol–water partition coefficient (Wildman–Crippen LogP) is 3.70. The molecule has 1 aromatic carbocycles. The molecule has 0 bridgehead atoms. The lowest BCUT2D eigenvalue weighted by atomic mass is 10.1. The van der Waals surface area contributed by atoms with Crippen LogP contribution in [-0.4, -0.2) is 16.3 Å². The molecule has 0 spiro atoms. The lowest BCUT2D eigenvalue weighted by Crippen LogP contribution is -2.00. The minimum atomic E-state index is -1.08. The van der Waals surface area contributed by atoms with Crippen molar-refractivity contribution in [1.29, 1.82) is 0 Å². The Bertz CT molecular complexity index is 414. The standard InChI is InChI=1S/C13H15FO2S/c14-12-7-9(13(15)16)5-6-10(12)8-17-11-3-1-2-4-11/h5-7,11H,1-4,8H2,(H,15,16). The Morgan fingerprint density at radius 1 is 1.41 bits per heavy atom. The van der Waals surface area contributed by atoms with Gasteiger partial charge in [-0.1, -0.05) is 18.9 Å². The summed E-state index contributed by atoms with van der Waals surface area (Å²) in [7, 11) is 0. The molecule has 0 saturated heterocycles. The molecule has 0 unspecified atom stereocenters. The summed E-state index contributed by atoms with van der Waals surface area (Å²) in [6.45, 7) is 0. The van der Waals surface area contributed by atoms with E-state index in [1.165, 1.54) is 31.7 Å². The van der Waals surface area contributed by atoms with E-state index in [-0.39, 0.29) is 5.56 Å². The quantitative estimate of drug-likeness (QED) is 0.890. The van der Waals surface area contributed by atoms with Crippen molar-refractivity contribution in [3.8, 4) is 0 Å². The molecule has 2 rings (SSSR count). The molecule has 0 heterocycles. The fourth-order valence-electron chi connectivity index (χ4n) is 2.06. The molecule has 1 fully saturated rings. The molecule has 1 saturated carbocycles. The topological polar surface area (TPSA) is 37.3 Å². The number of carbonyl (C=O) groups is 1. The summed E-state index contributed by atoms with van der Waals surface area (Å²) >= 11 is 1.78. The second-order valence-corrected chi connectivity index (χ2v) is 5.62. The minimum absolute atomic E-state index is 0.0112. The Hall–Kier alpha value is -1.03. The zero-order valence-electron chi connectivity index (χ0n) is 9.49.